The lowest BCUT2D eigenvalue weighted by Crippen LogP contribution is -2.58. The summed E-state index contributed by atoms with van der Waals surface area (Å²) in [5, 5.41) is 15.1. The summed E-state index contributed by atoms with van der Waals surface area (Å²) in [6.07, 6.45) is 4.76. The Kier molecular flexibility index (Phi) is 9.75. The topological polar surface area (TPSA) is 148 Å². The number of nitrogens with one attached hydrogen (secondary N) is 2. The van der Waals surface area contributed by atoms with E-state index in [4.69, 9.17) is 11.5 Å². The number of hydrogen-bond donors (Lipinski definition) is 5. The number of nitrogens with two attached hydrogens (primary N) is 2. The number of Topliss-reactive ketones (excluding diaryl/α,β-unsaturated/α-hetero) is 1. The summed E-state index contributed by atoms with van der Waals surface area (Å²) < 4.78 is 0. The molecule has 150 valence electrons. The number of carbonyl (C=O) groups is 3. The fraction of sp³-hybridized carbons (Fsp3) is 0.833. The van der Waals surface area contributed by atoms with E-state index in [-0.39, 0.29) is 30.1 Å². The van der Waals surface area contributed by atoms with Gasteiger partial charge >= 0.3 is 0 Å². The maximum absolute atomic E-state index is 12.8. The number of aliphatic hydroxyl groups excluding tert-OH is 1. The maximum atomic E-state index is 12.8. The van der Waals surface area contributed by atoms with Crippen LogP contribution in [0.1, 0.15) is 52.4 Å². The Bertz CT molecular complexity index is 478. The Hall–Kier alpha value is -1.51. The largest absolute Gasteiger partial charge is 0.391 e. The molecule has 2 amide bonds. The highest BCUT2D eigenvalue weighted by Gasteiger charge is 2.34. The molecule has 0 aromatic carbocycles. The Labute approximate surface area is 155 Å². The van der Waals surface area contributed by atoms with Crippen molar-refractivity contribution in [1.29, 1.82) is 0 Å². The molecule has 0 aromatic heterocycles. The van der Waals surface area contributed by atoms with Gasteiger partial charge in [0.2, 0.25) is 11.8 Å². The van der Waals surface area contributed by atoms with Gasteiger partial charge in [-0.2, -0.15) is 0 Å². The van der Waals surface area contributed by atoms with Gasteiger partial charge in [-0.05, 0) is 45.6 Å². The molecule has 0 spiro atoms. The number of amides is 2. The van der Waals surface area contributed by atoms with Crippen LogP contribution in [0.5, 0.6) is 0 Å². The van der Waals surface area contributed by atoms with Gasteiger partial charge in [-0.1, -0.05) is 19.3 Å². The lowest BCUT2D eigenvalue weighted by atomic mass is 9.78. The van der Waals surface area contributed by atoms with Crippen LogP contribution in [-0.4, -0.2) is 54.0 Å². The molecule has 0 saturated heterocycles. The molecule has 1 unspecified atom stereocenters. The van der Waals surface area contributed by atoms with Crippen LogP contribution in [0, 0.1) is 11.8 Å². The van der Waals surface area contributed by atoms with Crippen molar-refractivity contribution in [2.24, 2.45) is 23.3 Å². The van der Waals surface area contributed by atoms with E-state index in [0.717, 1.165) is 25.7 Å². The predicted octanol–water partition coefficient (Wildman–Crippen LogP) is -0.570. The standard InChI is InChI=1S/C18H34N4O4/c1-11(23)15(10-20)21-18(26)16(12(2)24)22-17(25)14(8-9-19)13-6-4-3-5-7-13/h12-16,24H,3-10,19-20H2,1-2H3,(H,21,26)(H,22,25)/t12-,14?,15-,16-/m0/s1. The average Bonchev–Trinajstić information content (AvgIpc) is 2.61. The van der Waals surface area contributed by atoms with E-state index in [2.05, 4.69) is 10.6 Å². The van der Waals surface area contributed by atoms with E-state index >= 15 is 0 Å². The second kappa shape index (κ2) is 11.3. The summed E-state index contributed by atoms with van der Waals surface area (Å²) in [4.78, 5) is 36.7. The van der Waals surface area contributed by atoms with Gasteiger partial charge in [0.25, 0.3) is 0 Å². The summed E-state index contributed by atoms with van der Waals surface area (Å²) in [6, 6.07) is -1.97. The summed E-state index contributed by atoms with van der Waals surface area (Å²) in [6.45, 7) is 3.10. The quantitative estimate of drug-likeness (QED) is 0.348. The Morgan fingerprint density at radius 2 is 1.69 bits per heavy atom. The summed E-state index contributed by atoms with van der Waals surface area (Å²) in [5.74, 6) is -1.18. The zero-order valence-corrected chi connectivity index (χ0v) is 15.9. The van der Waals surface area contributed by atoms with Crippen LogP contribution >= 0.6 is 0 Å². The number of ketones is 1. The molecule has 1 saturated carbocycles. The van der Waals surface area contributed by atoms with Crippen molar-refractivity contribution < 1.29 is 19.5 Å². The van der Waals surface area contributed by atoms with Gasteiger partial charge in [0.05, 0.1) is 12.1 Å². The molecule has 0 heterocycles. The highest BCUT2D eigenvalue weighted by atomic mass is 16.3. The van der Waals surface area contributed by atoms with Crippen LogP contribution in [0.4, 0.5) is 0 Å². The predicted molar refractivity (Wildman–Crippen MR) is 99.0 cm³/mol. The third kappa shape index (κ3) is 6.66. The number of hydrogen-bond acceptors (Lipinski definition) is 6. The minimum Gasteiger partial charge on any atom is -0.391 e. The van der Waals surface area contributed by atoms with Crippen molar-refractivity contribution in [3.63, 3.8) is 0 Å². The van der Waals surface area contributed by atoms with Crippen LogP contribution in [0.15, 0.2) is 0 Å². The first-order valence-corrected chi connectivity index (χ1v) is 9.51. The lowest BCUT2D eigenvalue weighted by molar-refractivity contribution is -0.136. The van der Waals surface area contributed by atoms with Crippen molar-refractivity contribution in [3.8, 4) is 0 Å². The van der Waals surface area contributed by atoms with Crippen LogP contribution < -0.4 is 22.1 Å². The van der Waals surface area contributed by atoms with Gasteiger partial charge in [0.15, 0.2) is 5.78 Å². The van der Waals surface area contributed by atoms with Crippen molar-refractivity contribution in [1.82, 2.24) is 10.6 Å². The van der Waals surface area contributed by atoms with Crippen LogP contribution in [0.25, 0.3) is 0 Å². The normalized spacial score (nSPS) is 19.9. The minimum absolute atomic E-state index is 0.0422. The molecule has 0 radical (unpaired) electrons. The fourth-order valence-electron chi connectivity index (χ4n) is 3.55. The first-order chi connectivity index (χ1) is 12.3. The zero-order valence-electron chi connectivity index (χ0n) is 15.9. The fourth-order valence-corrected chi connectivity index (χ4v) is 3.55. The molecule has 0 aromatic rings. The smallest absolute Gasteiger partial charge is 0.245 e. The Morgan fingerprint density at radius 1 is 1.08 bits per heavy atom. The second-order valence-corrected chi connectivity index (χ2v) is 7.22. The van der Waals surface area contributed by atoms with Gasteiger partial charge in [0.1, 0.15) is 6.04 Å². The molecule has 4 atom stereocenters. The molecule has 1 aliphatic carbocycles. The van der Waals surface area contributed by atoms with E-state index in [1.807, 2.05) is 0 Å². The van der Waals surface area contributed by atoms with E-state index in [0.29, 0.717) is 13.0 Å². The van der Waals surface area contributed by atoms with Gasteiger partial charge < -0.3 is 27.2 Å². The van der Waals surface area contributed by atoms with E-state index in [9.17, 15) is 19.5 Å². The van der Waals surface area contributed by atoms with Crippen molar-refractivity contribution in [3.05, 3.63) is 0 Å². The molecule has 7 N–H and O–H groups in total. The van der Waals surface area contributed by atoms with Crippen LogP contribution in [-0.2, 0) is 14.4 Å². The van der Waals surface area contributed by atoms with Crippen molar-refractivity contribution in [2.75, 3.05) is 13.1 Å². The monoisotopic (exact) mass is 370 g/mol. The molecule has 1 aliphatic rings. The molecule has 0 aliphatic heterocycles. The molecule has 1 fully saturated rings. The van der Waals surface area contributed by atoms with E-state index in [1.165, 1.54) is 20.3 Å². The summed E-state index contributed by atoms with van der Waals surface area (Å²) in [5.41, 5.74) is 11.2. The summed E-state index contributed by atoms with van der Waals surface area (Å²) >= 11 is 0. The average molecular weight is 370 g/mol. The molecular weight excluding hydrogens is 336 g/mol. The third-order valence-corrected chi connectivity index (χ3v) is 5.14. The van der Waals surface area contributed by atoms with Gasteiger partial charge in [-0.15, -0.1) is 0 Å². The zero-order chi connectivity index (χ0) is 19.7. The van der Waals surface area contributed by atoms with Crippen molar-refractivity contribution in [2.45, 2.75) is 70.6 Å². The molecule has 1 rings (SSSR count). The number of rotatable bonds is 10. The number of carbonyl (C=O) groups excluding carboxylic acids is 3. The highest BCUT2D eigenvalue weighted by Crippen LogP contribution is 2.31. The van der Waals surface area contributed by atoms with E-state index < -0.39 is 24.1 Å². The lowest BCUT2D eigenvalue weighted by Gasteiger charge is -2.31. The van der Waals surface area contributed by atoms with E-state index in [1.54, 1.807) is 0 Å². The Balaban J connectivity index is 2.80. The minimum atomic E-state index is -1.14. The van der Waals surface area contributed by atoms with Crippen LogP contribution in [0.2, 0.25) is 0 Å². The molecule has 8 nitrogen and oxygen atoms in total. The van der Waals surface area contributed by atoms with Gasteiger partial charge in [-0.3, -0.25) is 14.4 Å². The summed E-state index contributed by atoms with van der Waals surface area (Å²) in [7, 11) is 0. The molecule has 8 heteroatoms. The number of aliphatic hydroxyl groups is 1. The van der Waals surface area contributed by atoms with Crippen molar-refractivity contribution >= 4 is 17.6 Å². The molecular formula is C18H34N4O4. The SMILES string of the molecule is CC(=O)[C@H](CN)NC(=O)[C@@H](NC(=O)C(CCN)C1CCCCC1)[C@H](C)O. The first kappa shape index (κ1) is 22.5. The Morgan fingerprint density at radius 3 is 2.15 bits per heavy atom. The second-order valence-electron chi connectivity index (χ2n) is 7.22. The van der Waals surface area contributed by atoms with Gasteiger partial charge in [0, 0.05) is 12.5 Å². The maximum Gasteiger partial charge on any atom is 0.245 e. The van der Waals surface area contributed by atoms with Crippen LogP contribution in [0.3, 0.4) is 0 Å². The molecule has 26 heavy (non-hydrogen) atoms. The highest BCUT2D eigenvalue weighted by molar-refractivity contribution is 5.92. The molecule has 0 bridgehead atoms. The first-order valence-electron chi connectivity index (χ1n) is 9.51. The van der Waals surface area contributed by atoms with Gasteiger partial charge in [-0.25, -0.2) is 0 Å². The third-order valence-electron chi connectivity index (χ3n) is 5.14.